The highest BCUT2D eigenvalue weighted by atomic mass is 14.9. The van der Waals surface area contributed by atoms with Gasteiger partial charge in [-0.15, -0.1) is 0 Å². The molecule has 3 unspecified atom stereocenters. The number of nitrogens with one attached hydrogen (secondary N) is 1. The minimum absolute atomic E-state index is 0.658. The minimum Gasteiger partial charge on any atom is -0.314 e. The van der Waals surface area contributed by atoms with Crippen LogP contribution in [0, 0.1) is 11.8 Å². The molecule has 3 nitrogen and oxygen atoms in total. The van der Waals surface area contributed by atoms with Crippen molar-refractivity contribution in [2.75, 3.05) is 6.54 Å². The van der Waals surface area contributed by atoms with Crippen molar-refractivity contribution in [3.05, 3.63) is 24.3 Å². The highest BCUT2D eigenvalue weighted by molar-refractivity contribution is 5.13. The zero-order chi connectivity index (χ0) is 13.1. The van der Waals surface area contributed by atoms with Gasteiger partial charge in [0.15, 0.2) is 0 Å². The van der Waals surface area contributed by atoms with Crippen LogP contribution in [0.1, 0.15) is 56.9 Å². The Morgan fingerprint density at radius 2 is 1.95 bits per heavy atom. The molecule has 104 valence electrons. The molecule has 0 spiro atoms. The quantitative estimate of drug-likeness (QED) is 0.882. The molecular weight excluding hydrogens is 234 g/mol. The lowest BCUT2D eigenvalue weighted by Crippen LogP contribution is -2.33. The number of aromatic nitrogens is 2. The molecule has 1 N–H and O–H groups in total. The van der Waals surface area contributed by atoms with Crippen molar-refractivity contribution in [1.29, 1.82) is 0 Å². The minimum atomic E-state index is 0.658. The Hall–Kier alpha value is -0.960. The molecule has 2 saturated carbocycles. The molecule has 19 heavy (non-hydrogen) atoms. The first-order chi connectivity index (χ1) is 9.36. The third kappa shape index (κ3) is 3.33. The fourth-order valence-corrected chi connectivity index (χ4v) is 3.45. The maximum atomic E-state index is 4.22. The maximum Gasteiger partial charge on any atom is 0.115 e. The first-order valence-electron chi connectivity index (χ1n) is 7.85. The lowest BCUT2D eigenvalue weighted by molar-refractivity contribution is 0.224. The average Bonchev–Trinajstić information content (AvgIpc) is 3.30. The Balaban J connectivity index is 1.69. The van der Waals surface area contributed by atoms with Crippen LogP contribution in [0.2, 0.25) is 0 Å². The third-order valence-corrected chi connectivity index (χ3v) is 4.93. The zero-order valence-corrected chi connectivity index (χ0v) is 11.9. The van der Waals surface area contributed by atoms with Crippen LogP contribution in [0.3, 0.4) is 0 Å². The van der Waals surface area contributed by atoms with Crippen LogP contribution in [-0.2, 0) is 0 Å². The molecule has 0 bridgehead atoms. The molecule has 0 aliphatic heterocycles. The molecule has 0 amide bonds. The molecule has 3 atom stereocenters. The van der Waals surface area contributed by atoms with Crippen LogP contribution < -0.4 is 5.32 Å². The van der Waals surface area contributed by atoms with E-state index in [1.165, 1.54) is 50.6 Å². The van der Waals surface area contributed by atoms with Gasteiger partial charge in [-0.05, 0) is 55.5 Å². The number of hydrogen-bond acceptors (Lipinski definition) is 3. The molecule has 0 radical (unpaired) electrons. The molecule has 0 saturated heterocycles. The summed E-state index contributed by atoms with van der Waals surface area (Å²) >= 11 is 0. The van der Waals surface area contributed by atoms with Crippen molar-refractivity contribution >= 4 is 0 Å². The van der Waals surface area contributed by atoms with E-state index in [0.29, 0.717) is 5.92 Å². The molecule has 1 aromatic rings. The topological polar surface area (TPSA) is 37.8 Å². The monoisotopic (exact) mass is 259 g/mol. The Labute approximate surface area is 116 Å². The molecule has 0 aromatic carbocycles. The Bertz CT molecular complexity index is 388. The van der Waals surface area contributed by atoms with E-state index in [9.17, 15) is 0 Å². The van der Waals surface area contributed by atoms with E-state index in [4.69, 9.17) is 0 Å². The van der Waals surface area contributed by atoms with Crippen LogP contribution in [0.4, 0.5) is 0 Å². The lowest BCUT2D eigenvalue weighted by Gasteiger charge is -2.36. The fourth-order valence-electron chi connectivity index (χ4n) is 3.45. The van der Waals surface area contributed by atoms with Crippen molar-refractivity contribution in [3.63, 3.8) is 0 Å². The zero-order valence-electron chi connectivity index (χ0n) is 11.9. The van der Waals surface area contributed by atoms with E-state index in [1.54, 1.807) is 6.33 Å². The van der Waals surface area contributed by atoms with Crippen molar-refractivity contribution in [3.8, 4) is 0 Å². The molecular formula is C16H25N3. The van der Waals surface area contributed by atoms with Gasteiger partial charge in [0.2, 0.25) is 0 Å². The highest BCUT2D eigenvalue weighted by Gasteiger charge is 2.32. The van der Waals surface area contributed by atoms with Gasteiger partial charge >= 0.3 is 0 Å². The van der Waals surface area contributed by atoms with Crippen LogP contribution in [-0.4, -0.2) is 22.6 Å². The molecule has 1 aromatic heterocycles. The van der Waals surface area contributed by atoms with E-state index in [2.05, 4.69) is 22.2 Å². The van der Waals surface area contributed by atoms with E-state index < -0.39 is 0 Å². The standard InChI is InChI=1S/C16H25N3/c1-2-12-3-4-13(10-19-15-5-6-15)16(7-12)14-8-17-11-18-9-14/h8-9,11-13,15-16,19H,2-7,10H2,1H3. The summed E-state index contributed by atoms with van der Waals surface area (Å²) in [5, 5.41) is 3.72. The average molecular weight is 259 g/mol. The van der Waals surface area contributed by atoms with Crippen LogP contribution in [0.25, 0.3) is 0 Å². The van der Waals surface area contributed by atoms with E-state index in [-0.39, 0.29) is 0 Å². The summed E-state index contributed by atoms with van der Waals surface area (Å²) < 4.78 is 0. The van der Waals surface area contributed by atoms with Gasteiger partial charge in [0.1, 0.15) is 6.33 Å². The Morgan fingerprint density at radius 1 is 1.16 bits per heavy atom. The van der Waals surface area contributed by atoms with E-state index in [1.807, 2.05) is 12.4 Å². The smallest absolute Gasteiger partial charge is 0.115 e. The highest BCUT2D eigenvalue weighted by Crippen LogP contribution is 2.41. The summed E-state index contributed by atoms with van der Waals surface area (Å²) in [5.74, 6) is 2.32. The summed E-state index contributed by atoms with van der Waals surface area (Å²) in [6.45, 7) is 3.51. The van der Waals surface area contributed by atoms with Gasteiger partial charge in [0.25, 0.3) is 0 Å². The molecule has 3 heteroatoms. The molecule has 3 rings (SSSR count). The second-order valence-electron chi connectivity index (χ2n) is 6.31. The van der Waals surface area contributed by atoms with Crippen molar-refractivity contribution < 1.29 is 0 Å². The van der Waals surface area contributed by atoms with Crippen molar-refractivity contribution in [1.82, 2.24) is 15.3 Å². The van der Waals surface area contributed by atoms with Gasteiger partial charge in [0.05, 0.1) is 0 Å². The fraction of sp³-hybridized carbons (Fsp3) is 0.750. The summed E-state index contributed by atoms with van der Waals surface area (Å²) in [6.07, 6.45) is 13.8. The normalized spacial score (nSPS) is 31.3. The molecule has 2 fully saturated rings. The van der Waals surface area contributed by atoms with E-state index >= 15 is 0 Å². The van der Waals surface area contributed by atoms with Gasteiger partial charge < -0.3 is 5.32 Å². The Morgan fingerprint density at radius 3 is 2.63 bits per heavy atom. The summed E-state index contributed by atoms with van der Waals surface area (Å²) in [4.78, 5) is 8.44. The van der Waals surface area contributed by atoms with Gasteiger partial charge in [-0.25, -0.2) is 9.97 Å². The summed E-state index contributed by atoms with van der Waals surface area (Å²) in [5.41, 5.74) is 1.35. The SMILES string of the molecule is CCC1CCC(CNC2CC2)C(c2cncnc2)C1. The molecule has 2 aliphatic carbocycles. The van der Waals surface area contributed by atoms with Crippen molar-refractivity contribution in [2.24, 2.45) is 11.8 Å². The second-order valence-corrected chi connectivity index (χ2v) is 6.31. The first kappa shape index (κ1) is 13.0. The predicted molar refractivity (Wildman–Crippen MR) is 76.9 cm³/mol. The number of rotatable bonds is 5. The lowest BCUT2D eigenvalue weighted by atomic mass is 9.71. The van der Waals surface area contributed by atoms with Crippen LogP contribution in [0.15, 0.2) is 18.7 Å². The Kier molecular flexibility index (Phi) is 4.12. The maximum absolute atomic E-state index is 4.22. The van der Waals surface area contributed by atoms with E-state index in [0.717, 1.165) is 17.9 Å². The third-order valence-electron chi connectivity index (χ3n) is 4.93. The number of nitrogens with zero attached hydrogens (tertiary/aromatic N) is 2. The van der Waals surface area contributed by atoms with Gasteiger partial charge in [-0.3, -0.25) is 0 Å². The number of hydrogen-bond donors (Lipinski definition) is 1. The second kappa shape index (κ2) is 6.00. The largest absolute Gasteiger partial charge is 0.314 e. The molecule has 1 heterocycles. The predicted octanol–water partition coefficient (Wildman–Crippen LogP) is 3.14. The van der Waals surface area contributed by atoms with Gasteiger partial charge in [0, 0.05) is 18.4 Å². The van der Waals surface area contributed by atoms with Crippen LogP contribution >= 0.6 is 0 Å². The first-order valence-corrected chi connectivity index (χ1v) is 7.85. The molecule has 2 aliphatic rings. The van der Waals surface area contributed by atoms with Crippen molar-refractivity contribution in [2.45, 2.75) is 57.4 Å². The van der Waals surface area contributed by atoms with Crippen LogP contribution in [0.5, 0.6) is 0 Å². The summed E-state index contributed by atoms with van der Waals surface area (Å²) in [7, 11) is 0. The van der Waals surface area contributed by atoms with Gasteiger partial charge in [-0.2, -0.15) is 0 Å². The summed E-state index contributed by atoms with van der Waals surface area (Å²) in [6, 6.07) is 0.816. The van der Waals surface area contributed by atoms with Gasteiger partial charge in [-0.1, -0.05) is 19.8 Å².